The van der Waals surface area contributed by atoms with Crippen LogP contribution in [-0.2, 0) is 5.88 Å². The molecule has 0 unspecified atom stereocenters. The second-order valence-electron chi connectivity index (χ2n) is 4.61. The van der Waals surface area contributed by atoms with E-state index in [9.17, 15) is 0 Å². The Labute approximate surface area is 132 Å². The van der Waals surface area contributed by atoms with Gasteiger partial charge < -0.3 is 4.74 Å². The Morgan fingerprint density at radius 3 is 2.81 bits per heavy atom. The summed E-state index contributed by atoms with van der Waals surface area (Å²) in [5, 5.41) is 1.50. The Kier molecular flexibility index (Phi) is 3.95. The van der Waals surface area contributed by atoms with Gasteiger partial charge in [0.25, 0.3) is 0 Å². The van der Waals surface area contributed by atoms with Crippen molar-refractivity contribution in [3.05, 3.63) is 59.0 Å². The maximum Gasteiger partial charge on any atom is 0.153 e. The van der Waals surface area contributed by atoms with Crippen LogP contribution < -0.4 is 4.74 Å². The second kappa shape index (κ2) is 5.88. The highest BCUT2D eigenvalue weighted by atomic mass is 35.5. The van der Waals surface area contributed by atoms with E-state index >= 15 is 0 Å². The molecule has 0 aliphatic carbocycles. The predicted molar refractivity (Wildman–Crippen MR) is 85.4 cm³/mol. The average Bonchev–Trinajstić information content (AvgIpc) is 2.51. The SMILES string of the molecule is Cc1cc(Oc2ccc(Cl)c3cccnc23)c(CCl)cn1. The Bertz CT molecular complexity index is 805. The van der Waals surface area contributed by atoms with Crippen LogP contribution in [0.1, 0.15) is 11.3 Å². The summed E-state index contributed by atoms with van der Waals surface area (Å²) in [5.41, 5.74) is 2.42. The number of alkyl halides is 1. The minimum absolute atomic E-state index is 0.335. The largest absolute Gasteiger partial charge is 0.455 e. The summed E-state index contributed by atoms with van der Waals surface area (Å²) in [6.07, 6.45) is 3.44. The molecule has 0 saturated heterocycles. The van der Waals surface area contributed by atoms with E-state index in [1.165, 1.54) is 0 Å². The summed E-state index contributed by atoms with van der Waals surface area (Å²) in [5.74, 6) is 1.67. The van der Waals surface area contributed by atoms with E-state index in [1.54, 1.807) is 18.5 Å². The fourth-order valence-corrected chi connectivity index (χ4v) is 2.49. The van der Waals surface area contributed by atoms with E-state index < -0.39 is 0 Å². The number of pyridine rings is 2. The van der Waals surface area contributed by atoms with E-state index in [1.807, 2.05) is 31.2 Å². The minimum atomic E-state index is 0.335. The van der Waals surface area contributed by atoms with Gasteiger partial charge in [-0.05, 0) is 31.2 Å². The first-order valence-corrected chi connectivity index (χ1v) is 7.33. The molecule has 0 N–H and O–H groups in total. The van der Waals surface area contributed by atoms with Crippen molar-refractivity contribution in [3.63, 3.8) is 0 Å². The quantitative estimate of drug-likeness (QED) is 0.628. The van der Waals surface area contributed by atoms with Crippen LogP contribution in [0.25, 0.3) is 10.9 Å². The summed E-state index contributed by atoms with van der Waals surface area (Å²) in [4.78, 5) is 8.59. The Morgan fingerprint density at radius 2 is 2.00 bits per heavy atom. The molecule has 3 aromatic rings. The number of halogens is 2. The molecule has 5 heteroatoms. The van der Waals surface area contributed by atoms with Crippen molar-refractivity contribution in [1.29, 1.82) is 0 Å². The van der Waals surface area contributed by atoms with Gasteiger partial charge in [-0.2, -0.15) is 0 Å². The molecule has 1 aromatic carbocycles. The normalized spacial score (nSPS) is 10.8. The van der Waals surface area contributed by atoms with Crippen molar-refractivity contribution in [2.45, 2.75) is 12.8 Å². The predicted octanol–water partition coefficient (Wildman–Crippen LogP) is 5.12. The van der Waals surface area contributed by atoms with Gasteiger partial charge in [0.05, 0.1) is 10.9 Å². The van der Waals surface area contributed by atoms with Crippen LogP contribution in [0.2, 0.25) is 5.02 Å². The van der Waals surface area contributed by atoms with Gasteiger partial charge in [0.1, 0.15) is 11.3 Å². The van der Waals surface area contributed by atoms with E-state index in [-0.39, 0.29) is 0 Å². The average molecular weight is 319 g/mol. The van der Waals surface area contributed by atoms with E-state index in [0.717, 1.165) is 22.2 Å². The summed E-state index contributed by atoms with van der Waals surface area (Å²) < 4.78 is 6.00. The molecule has 0 aliphatic rings. The van der Waals surface area contributed by atoms with E-state index in [4.69, 9.17) is 27.9 Å². The third-order valence-electron chi connectivity index (χ3n) is 3.12. The van der Waals surface area contributed by atoms with Gasteiger partial charge in [-0.25, -0.2) is 0 Å². The highest BCUT2D eigenvalue weighted by Crippen LogP contribution is 2.34. The van der Waals surface area contributed by atoms with Crippen molar-refractivity contribution < 1.29 is 4.74 Å². The zero-order valence-electron chi connectivity index (χ0n) is 11.3. The molecular formula is C16H12Cl2N2O. The van der Waals surface area contributed by atoms with Crippen LogP contribution in [0.15, 0.2) is 42.7 Å². The molecular weight excluding hydrogens is 307 g/mol. The molecule has 0 amide bonds. The number of rotatable bonds is 3. The lowest BCUT2D eigenvalue weighted by Gasteiger charge is -2.12. The molecule has 0 spiro atoms. The first kappa shape index (κ1) is 14.1. The minimum Gasteiger partial charge on any atom is -0.455 e. The van der Waals surface area contributed by atoms with Crippen LogP contribution in [0.4, 0.5) is 0 Å². The van der Waals surface area contributed by atoms with Crippen molar-refractivity contribution in [2.24, 2.45) is 0 Å². The zero-order valence-corrected chi connectivity index (χ0v) is 12.8. The van der Waals surface area contributed by atoms with Gasteiger partial charge in [-0.15, -0.1) is 11.6 Å². The Balaban J connectivity index is 2.11. The molecule has 0 fully saturated rings. The first-order chi connectivity index (χ1) is 10.2. The molecule has 21 heavy (non-hydrogen) atoms. The molecule has 0 bridgehead atoms. The lowest BCUT2D eigenvalue weighted by molar-refractivity contribution is 0.481. The Hall–Kier alpha value is -1.84. The van der Waals surface area contributed by atoms with Crippen LogP contribution in [0.3, 0.4) is 0 Å². The van der Waals surface area contributed by atoms with Gasteiger partial charge in [0.2, 0.25) is 0 Å². The third-order valence-corrected chi connectivity index (χ3v) is 3.74. The topological polar surface area (TPSA) is 35.0 Å². The Morgan fingerprint density at radius 1 is 1.14 bits per heavy atom. The van der Waals surface area contributed by atoms with Gasteiger partial charge in [0.15, 0.2) is 5.75 Å². The zero-order chi connectivity index (χ0) is 14.8. The molecule has 3 rings (SSSR count). The van der Waals surface area contributed by atoms with Gasteiger partial charge in [0, 0.05) is 35.1 Å². The van der Waals surface area contributed by atoms with Crippen LogP contribution in [-0.4, -0.2) is 9.97 Å². The standard InChI is InChI=1S/C16H12Cl2N2O/c1-10-7-15(11(8-17)9-20-10)21-14-5-4-13(18)12-3-2-6-19-16(12)14/h2-7,9H,8H2,1H3. The van der Waals surface area contributed by atoms with Crippen LogP contribution in [0.5, 0.6) is 11.5 Å². The lowest BCUT2D eigenvalue weighted by Crippen LogP contribution is -1.94. The monoisotopic (exact) mass is 318 g/mol. The molecule has 0 saturated carbocycles. The molecule has 0 atom stereocenters. The summed E-state index contributed by atoms with van der Waals surface area (Å²) in [6, 6.07) is 9.23. The fourth-order valence-electron chi connectivity index (χ4n) is 2.07. The van der Waals surface area contributed by atoms with Crippen molar-refractivity contribution >= 4 is 34.1 Å². The van der Waals surface area contributed by atoms with E-state index in [2.05, 4.69) is 9.97 Å². The summed E-state index contributed by atoms with van der Waals surface area (Å²) in [6.45, 7) is 1.91. The molecule has 2 aromatic heterocycles. The van der Waals surface area contributed by atoms with Crippen molar-refractivity contribution in [2.75, 3.05) is 0 Å². The van der Waals surface area contributed by atoms with Crippen molar-refractivity contribution in [3.8, 4) is 11.5 Å². The fraction of sp³-hybridized carbons (Fsp3) is 0.125. The smallest absolute Gasteiger partial charge is 0.153 e. The van der Waals surface area contributed by atoms with E-state index in [0.29, 0.717) is 22.4 Å². The van der Waals surface area contributed by atoms with Gasteiger partial charge in [-0.1, -0.05) is 11.6 Å². The maximum absolute atomic E-state index is 6.19. The molecule has 2 heterocycles. The number of benzene rings is 1. The van der Waals surface area contributed by atoms with Crippen molar-refractivity contribution in [1.82, 2.24) is 9.97 Å². The number of hydrogen-bond donors (Lipinski definition) is 0. The number of aromatic nitrogens is 2. The molecule has 0 radical (unpaired) electrons. The molecule has 106 valence electrons. The lowest BCUT2D eigenvalue weighted by atomic mass is 10.2. The first-order valence-electron chi connectivity index (χ1n) is 6.41. The van der Waals surface area contributed by atoms with Gasteiger partial charge in [-0.3, -0.25) is 9.97 Å². The summed E-state index contributed by atoms with van der Waals surface area (Å²) >= 11 is 12.1. The number of hydrogen-bond acceptors (Lipinski definition) is 3. The molecule has 3 nitrogen and oxygen atoms in total. The van der Waals surface area contributed by atoms with Crippen LogP contribution in [0, 0.1) is 6.92 Å². The van der Waals surface area contributed by atoms with Gasteiger partial charge >= 0.3 is 0 Å². The second-order valence-corrected chi connectivity index (χ2v) is 5.29. The third kappa shape index (κ3) is 2.80. The number of ether oxygens (including phenoxy) is 1. The highest BCUT2D eigenvalue weighted by Gasteiger charge is 2.10. The highest BCUT2D eigenvalue weighted by molar-refractivity contribution is 6.35. The summed E-state index contributed by atoms with van der Waals surface area (Å²) in [7, 11) is 0. The maximum atomic E-state index is 6.19. The number of fused-ring (bicyclic) bond motifs is 1. The molecule has 0 aliphatic heterocycles. The number of aryl methyl sites for hydroxylation is 1. The number of nitrogens with zero attached hydrogens (tertiary/aromatic N) is 2. The van der Waals surface area contributed by atoms with Crippen LogP contribution >= 0.6 is 23.2 Å².